The Kier molecular flexibility index (Phi) is 7.62. The van der Waals surface area contributed by atoms with Crippen LogP contribution in [0, 0.1) is 0 Å². The molecule has 2 aromatic carbocycles. The van der Waals surface area contributed by atoms with E-state index in [0.717, 1.165) is 24.2 Å². The zero-order valence-electron chi connectivity index (χ0n) is 21.3. The summed E-state index contributed by atoms with van der Waals surface area (Å²) in [6.07, 6.45) is 3.05. The maximum Gasteiger partial charge on any atom is 0.410 e. The summed E-state index contributed by atoms with van der Waals surface area (Å²) in [5.41, 5.74) is 1.14. The van der Waals surface area contributed by atoms with Crippen molar-refractivity contribution in [2.24, 2.45) is 0 Å². The van der Waals surface area contributed by atoms with Crippen LogP contribution in [0.2, 0.25) is 0 Å². The molecule has 8 heteroatoms. The average molecular weight is 492 g/mol. The van der Waals surface area contributed by atoms with Crippen LogP contribution in [0.1, 0.15) is 56.9 Å². The summed E-state index contributed by atoms with van der Waals surface area (Å²) in [6.45, 7) is 8.70. The number of ether oxygens (including phenoxy) is 3. The minimum atomic E-state index is -0.559. The quantitative estimate of drug-likeness (QED) is 0.388. The molecule has 1 amide bonds. The van der Waals surface area contributed by atoms with Gasteiger partial charge in [-0.25, -0.2) is 9.59 Å². The summed E-state index contributed by atoms with van der Waals surface area (Å²) in [5, 5.41) is 4.79. The first-order valence-electron chi connectivity index (χ1n) is 12.3. The van der Waals surface area contributed by atoms with Crippen molar-refractivity contribution in [2.45, 2.75) is 52.2 Å². The Balaban J connectivity index is 1.57. The third-order valence-corrected chi connectivity index (χ3v) is 5.76. The van der Waals surface area contributed by atoms with Crippen molar-refractivity contribution in [1.29, 1.82) is 0 Å². The first-order chi connectivity index (χ1) is 17.2. The van der Waals surface area contributed by atoms with E-state index >= 15 is 0 Å². The van der Waals surface area contributed by atoms with Gasteiger partial charge in [0.25, 0.3) is 0 Å². The average Bonchev–Trinajstić information content (AvgIpc) is 3.30. The first kappa shape index (κ1) is 25.3. The molecule has 3 aromatic rings. The van der Waals surface area contributed by atoms with Crippen LogP contribution in [0.5, 0.6) is 11.5 Å². The van der Waals surface area contributed by atoms with Crippen LogP contribution in [-0.4, -0.2) is 52.0 Å². The van der Waals surface area contributed by atoms with Crippen molar-refractivity contribution in [3.63, 3.8) is 0 Å². The number of esters is 1. The van der Waals surface area contributed by atoms with E-state index in [1.807, 2.05) is 75.4 Å². The van der Waals surface area contributed by atoms with Crippen LogP contribution in [0.3, 0.4) is 0 Å². The van der Waals surface area contributed by atoms with Crippen molar-refractivity contribution in [3.05, 3.63) is 66.4 Å². The minimum Gasteiger partial charge on any atom is -0.462 e. The second kappa shape index (κ2) is 10.8. The number of likely N-dealkylation sites (tertiary alicyclic amines) is 1. The molecule has 4 rings (SSSR count). The zero-order chi connectivity index (χ0) is 25.7. The number of hydrogen-bond donors (Lipinski definition) is 0. The molecule has 0 bridgehead atoms. The number of rotatable bonds is 6. The molecule has 2 heterocycles. The fourth-order valence-corrected chi connectivity index (χ4v) is 4.12. The number of nitrogens with zero attached hydrogens (tertiary/aromatic N) is 3. The molecule has 36 heavy (non-hydrogen) atoms. The van der Waals surface area contributed by atoms with E-state index in [2.05, 4.69) is 0 Å². The Morgan fingerprint density at radius 2 is 1.72 bits per heavy atom. The van der Waals surface area contributed by atoms with Crippen LogP contribution in [0.4, 0.5) is 4.79 Å². The topological polar surface area (TPSA) is 82.9 Å². The van der Waals surface area contributed by atoms with Crippen molar-refractivity contribution in [2.75, 3.05) is 19.7 Å². The largest absolute Gasteiger partial charge is 0.462 e. The van der Waals surface area contributed by atoms with Crippen LogP contribution < -0.4 is 4.74 Å². The van der Waals surface area contributed by atoms with Gasteiger partial charge in [0.15, 0.2) is 0 Å². The van der Waals surface area contributed by atoms with Crippen molar-refractivity contribution in [1.82, 2.24) is 14.7 Å². The third-order valence-electron chi connectivity index (χ3n) is 5.76. The zero-order valence-corrected chi connectivity index (χ0v) is 21.3. The minimum absolute atomic E-state index is 0.0751. The van der Waals surface area contributed by atoms with Gasteiger partial charge in [-0.3, -0.25) is 4.68 Å². The van der Waals surface area contributed by atoms with Gasteiger partial charge >= 0.3 is 12.1 Å². The van der Waals surface area contributed by atoms with Crippen molar-refractivity contribution in [3.8, 4) is 22.8 Å². The number of para-hydroxylation sites is 1. The highest BCUT2D eigenvalue weighted by Gasteiger charge is 2.30. The standard InChI is InChI=1S/C28H33N3O5/c1-5-34-26(32)24-19-31(21-10-9-17-30(18-21)27(33)36-28(2,3)4)29-25(24)20-13-15-23(16-14-20)35-22-11-7-6-8-12-22/h6-8,11-16,19,21H,5,9-10,17-18H2,1-4H3/t21-/m1/s1. The van der Waals surface area contributed by atoms with Gasteiger partial charge in [-0.2, -0.15) is 5.10 Å². The second-order valence-electron chi connectivity index (χ2n) is 9.75. The van der Waals surface area contributed by atoms with Crippen LogP contribution in [0.15, 0.2) is 60.8 Å². The molecule has 0 saturated carbocycles. The SMILES string of the molecule is CCOC(=O)c1cn([C@@H]2CCCN(C(=O)OC(C)(C)C)C2)nc1-c1ccc(Oc2ccccc2)cc1. The summed E-state index contributed by atoms with van der Waals surface area (Å²) < 4.78 is 18.5. The third kappa shape index (κ3) is 6.24. The highest BCUT2D eigenvalue weighted by atomic mass is 16.6. The highest BCUT2D eigenvalue weighted by molar-refractivity contribution is 5.96. The van der Waals surface area contributed by atoms with Gasteiger partial charge in [0, 0.05) is 24.8 Å². The summed E-state index contributed by atoms with van der Waals surface area (Å²) in [5.74, 6) is 0.999. The lowest BCUT2D eigenvalue weighted by Crippen LogP contribution is -2.43. The fourth-order valence-electron chi connectivity index (χ4n) is 4.12. The Hall–Kier alpha value is -3.81. The predicted octanol–water partition coefficient (Wildman–Crippen LogP) is 6.09. The van der Waals surface area contributed by atoms with Gasteiger partial charge in [-0.1, -0.05) is 18.2 Å². The van der Waals surface area contributed by atoms with E-state index in [1.165, 1.54) is 0 Å². The number of carbonyl (C=O) groups excluding carboxylic acids is 2. The molecule has 1 aromatic heterocycles. The molecule has 1 aliphatic rings. The normalized spacial score (nSPS) is 15.9. The maximum absolute atomic E-state index is 12.8. The summed E-state index contributed by atoms with van der Waals surface area (Å²) in [6, 6.07) is 16.9. The molecular formula is C28H33N3O5. The molecule has 0 aliphatic carbocycles. The van der Waals surface area contributed by atoms with Gasteiger partial charge in [0.2, 0.25) is 0 Å². The Morgan fingerprint density at radius 1 is 1.03 bits per heavy atom. The molecule has 0 N–H and O–H groups in total. The number of aromatic nitrogens is 2. The molecule has 190 valence electrons. The molecule has 1 fully saturated rings. The number of piperidine rings is 1. The molecule has 8 nitrogen and oxygen atoms in total. The van der Waals surface area contributed by atoms with E-state index in [1.54, 1.807) is 22.7 Å². The van der Waals surface area contributed by atoms with Gasteiger partial charge < -0.3 is 19.1 Å². The van der Waals surface area contributed by atoms with Gasteiger partial charge in [-0.15, -0.1) is 0 Å². The predicted molar refractivity (Wildman–Crippen MR) is 136 cm³/mol. The van der Waals surface area contributed by atoms with Crippen molar-refractivity contribution < 1.29 is 23.8 Å². The molecule has 0 radical (unpaired) electrons. The van der Waals surface area contributed by atoms with E-state index in [-0.39, 0.29) is 18.7 Å². The van der Waals surface area contributed by atoms with E-state index in [4.69, 9.17) is 19.3 Å². The van der Waals surface area contributed by atoms with Crippen LogP contribution in [0.25, 0.3) is 11.3 Å². The first-order valence-corrected chi connectivity index (χ1v) is 12.3. The van der Waals surface area contributed by atoms with E-state index < -0.39 is 11.6 Å². The van der Waals surface area contributed by atoms with E-state index in [9.17, 15) is 9.59 Å². The van der Waals surface area contributed by atoms with Gasteiger partial charge in [0.05, 0.1) is 12.6 Å². The summed E-state index contributed by atoms with van der Waals surface area (Å²) in [7, 11) is 0. The monoisotopic (exact) mass is 491 g/mol. The molecule has 0 spiro atoms. The smallest absolute Gasteiger partial charge is 0.410 e. The lowest BCUT2D eigenvalue weighted by molar-refractivity contribution is 0.0167. The number of carbonyl (C=O) groups is 2. The van der Waals surface area contributed by atoms with E-state index in [0.29, 0.717) is 30.1 Å². The number of hydrogen-bond acceptors (Lipinski definition) is 6. The summed E-state index contributed by atoms with van der Waals surface area (Å²) in [4.78, 5) is 27.1. The highest BCUT2D eigenvalue weighted by Crippen LogP contribution is 2.30. The van der Waals surface area contributed by atoms with Gasteiger partial charge in [-0.05, 0) is 76.9 Å². The van der Waals surface area contributed by atoms with Crippen LogP contribution in [-0.2, 0) is 9.47 Å². The second-order valence-corrected chi connectivity index (χ2v) is 9.75. The number of benzene rings is 2. The Bertz CT molecular complexity index is 1180. The maximum atomic E-state index is 12.8. The summed E-state index contributed by atoms with van der Waals surface area (Å²) >= 11 is 0. The van der Waals surface area contributed by atoms with Gasteiger partial charge in [0.1, 0.15) is 28.4 Å². The molecular weight excluding hydrogens is 458 g/mol. The lowest BCUT2D eigenvalue weighted by atomic mass is 10.1. The molecule has 1 atom stereocenters. The fraction of sp³-hybridized carbons (Fsp3) is 0.393. The molecule has 1 saturated heterocycles. The number of amides is 1. The Labute approximate surface area is 211 Å². The molecule has 0 unspecified atom stereocenters. The van der Waals surface area contributed by atoms with Crippen molar-refractivity contribution >= 4 is 12.1 Å². The molecule has 1 aliphatic heterocycles. The van der Waals surface area contributed by atoms with Crippen LogP contribution >= 0.6 is 0 Å². The Morgan fingerprint density at radius 3 is 2.39 bits per heavy atom. The lowest BCUT2D eigenvalue weighted by Gasteiger charge is -2.34.